The predicted molar refractivity (Wildman–Crippen MR) is 97.1 cm³/mol. The number of fused-ring (bicyclic) bond motifs is 3. The Hall–Kier alpha value is -2.27. The maximum atomic E-state index is 11.8. The van der Waals surface area contributed by atoms with Gasteiger partial charge in [-0.2, -0.15) is 0 Å². The third-order valence-corrected chi connectivity index (χ3v) is 5.48. The van der Waals surface area contributed by atoms with E-state index in [4.69, 9.17) is 5.73 Å². The van der Waals surface area contributed by atoms with E-state index in [2.05, 4.69) is 33.4 Å². The lowest BCUT2D eigenvalue weighted by Crippen LogP contribution is -2.31. The number of halogens is 1. The van der Waals surface area contributed by atoms with Crippen molar-refractivity contribution in [3.8, 4) is 5.75 Å². The van der Waals surface area contributed by atoms with Gasteiger partial charge in [0.25, 0.3) is 5.91 Å². The second-order valence-electron chi connectivity index (χ2n) is 6.31. The zero-order valence-electron chi connectivity index (χ0n) is 12.9. The minimum Gasteiger partial charge on any atom is -0.508 e. The molecule has 4 rings (SSSR count). The highest BCUT2D eigenvalue weighted by Crippen LogP contribution is 2.51. The van der Waals surface area contributed by atoms with E-state index in [1.165, 1.54) is 0 Å². The summed E-state index contributed by atoms with van der Waals surface area (Å²) < 4.78 is 0.911. The van der Waals surface area contributed by atoms with E-state index in [-0.39, 0.29) is 17.7 Å². The molecule has 122 valence electrons. The smallest absolute Gasteiger partial charge is 0.250 e. The Labute approximate surface area is 148 Å². The van der Waals surface area contributed by atoms with Gasteiger partial charge in [-0.3, -0.25) is 4.79 Å². The summed E-state index contributed by atoms with van der Waals surface area (Å²) in [6.45, 7) is 0. The van der Waals surface area contributed by atoms with Crippen molar-refractivity contribution < 1.29 is 9.90 Å². The van der Waals surface area contributed by atoms with Crippen LogP contribution < -0.4 is 11.1 Å². The second kappa shape index (κ2) is 5.67. The predicted octanol–water partition coefficient (Wildman–Crippen LogP) is 4.08. The number of nitrogens with two attached hydrogens (primary N) is 1. The van der Waals surface area contributed by atoms with Gasteiger partial charge in [-0.1, -0.05) is 40.2 Å². The molecule has 3 unspecified atom stereocenters. The van der Waals surface area contributed by atoms with E-state index in [0.717, 1.165) is 27.7 Å². The molecule has 4 nitrogen and oxygen atoms in total. The Morgan fingerprint density at radius 2 is 2.08 bits per heavy atom. The molecule has 2 aromatic rings. The van der Waals surface area contributed by atoms with Crippen molar-refractivity contribution in [3.05, 3.63) is 69.7 Å². The quantitative estimate of drug-likeness (QED) is 0.682. The molecule has 24 heavy (non-hydrogen) atoms. The van der Waals surface area contributed by atoms with Crippen molar-refractivity contribution in [2.75, 3.05) is 5.32 Å². The second-order valence-corrected chi connectivity index (χ2v) is 7.23. The van der Waals surface area contributed by atoms with E-state index in [1.54, 1.807) is 12.1 Å². The van der Waals surface area contributed by atoms with E-state index in [9.17, 15) is 9.90 Å². The van der Waals surface area contributed by atoms with Gasteiger partial charge in [0.15, 0.2) is 0 Å². The molecule has 1 heterocycles. The minimum atomic E-state index is -0.447. The van der Waals surface area contributed by atoms with Gasteiger partial charge in [-0.05, 0) is 42.2 Å². The van der Waals surface area contributed by atoms with Crippen LogP contribution in [0.25, 0.3) is 0 Å². The molecule has 5 heteroatoms. The minimum absolute atomic E-state index is 0.0875. The molecule has 0 saturated heterocycles. The summed E-state index contributed by atoms with van der Waals surface area (Å²) in [5.41, 5.74) is 8.75. The summed E-state index contributed by atoms with van der Waals surface area (Å²) in [6.07, 6.45) is 5.29. The molecular formula is C19H17BrN2O2. The van der Waals surface area contributed by atoms with Gasteiger partial charge < -0.3 is 16.2 Å². The summed E-state index contributed by atoms with van der Waals surface area (Å²) in [7, 11) is 0. The average molecular weight is 385 g/mol. The van der Waals surface area contributed by atoms with Crippen molar-refractivity contribution in [2.24, 2.45) is 11.7 Å². The topological polar surface area (TPSA) is 75.4 Å². The van der Waals surface area contributed by atoms with Crippen molar-refractivity contribution in [1.29, 1.82) is 0 Å². The Morgan fingerprint density at radius 3 is 2.88 bits per heavy atom. The number of phenols is 1. The SMILES string of the molecule is NC(=O)c1cccc2c1NC(c1cc(Br)ccc1O)C1CC=CC21. The van der Waals surface area contributed by atoms with Crippen LogP contribution in [0.15, 0.2) is 53.0 Å². The lowest BCUT2D eigenvalue weighted by molar-refractivity contribution is 0.100. The standard InChI is InChI=1S/C19H17BrN2O2/c20-10-7-8-16(23)15(9-10)18-13-4-1-3-11(13)12-5-2-6-14(19(21)24)17(12)22-18/h1-3,5-9,11,13,18,22-23H,4H2,(H2,21,24). The van der Waals surface area contributed by atoms with Crippen molar-refractivity contribution >= 4 is 27.5 Å². The molecule has 2 aliphatic rings. The third kappa shape index (κ3) is 2.31. The van der Waals surface area contributed by atoms with E-state index in [0.29, 0.717) is 11.5 Å². The fraction of sp³-hybridized carbons (Fsp3) is 0.211. The number of hydrogen-bond donors (Lipinski definition) is 3. The number of primary amides is 1. The van der Waals surface area contributed by atoms with Crippen LogP contribution in [0.5, 0.6) is 5.75 Å². The molecule has 4 N–H and O–H groups in total. The monoisotopic (exact) mass is 384 g/mol. The summed E-state index contributed by atoms with van der Waals surface area (Å²) in [5.74, 6) is 0.308. The van der Waals surface area contributed by atoms with Crippen LogP contribution in [0.4, 0.5) is 5.69 Å². The van der Waals surface area contributed by atoms with E-state index < -0.39 is 5.91 Å². The molecule has 0 radical (unpaired) electrons. The van der Waals surface area contributed by atoms with Gasteiger partial charge in [0, 0.05) is 16.0 Å². The zero-order chi connectivity index (χ0) is 16.8. The first-order valence-electron chi connectivity index (χ1n) is 7.90. The number of carbonyl (C=O) groups excluding carboxylic acids is 1. The maximum Gasteiger partial charge on any atom is 0.250 e. The molecule has 2 aromatic carbocycles. The van der Waals surface area contributed by atoms with Gasteiger partial charge in [0.05, 0.1) is 17.3 Å². The van der Waals surface area contributed by atoms with Crippen LogP contribution >= 0.6 is 15.9 Å². The highest BCUT2D eigenvalue weighted by molar-refractivity contribution is 9.10. The number of allylic oxidation sites excluding steroid dienone is 2. The first kappa shape index (κ1) is 15.3. The van der Waals surface area contributed by atoms with Crippen LogP contribution in [-0.2, 0) is 0 Å². The molecule has 0 spiro atoms. The van der Waals surface area contributed by atoms with Gasteiger partial charge in [0.1, 0.15) is 5.75 Å². The molecule has 0 aromatic heterocycles. The van der Waals surface area contributed by atoms with Crippen molar-refractivity contribution in [3.63, 3.8) is 0 Å². The van der Waals surface area contributed by atoms with Crippen molar-refractivity contribution in [2.45, 2.75) is 18.4 Å². The largest absolute Gasteiger partial charge is 0.508 e. The molecule has 1 aliphatic heterocycles. The highest BCUT2D eigenvalue weighted by Gasteiger charge is 2.40. The zero-order valence-corrected chi connectivity index (χ0v) is 14.5. The Morgan fingerprint density at radius 1 is 1.25 bits per heavy atom. The molecule has 1 amide bonds. The Balaban J connectivity index is 1.88. The fourth-order valence-corrected chi connectivity index (χ4v) is 4.29. The lowest BCUT2D eigenvalue weighted by atomic mass is 9.76. The summed E-state index contributed by atoms with van der Waals surface area (Å²) in [6, 6.07) is 11.0. The van der Waals surface area contributed by atoms with Gasteiger partial charge in [-0.15, -0.1) is 0 Å². The lowest BCUT2D eigenvalue weighted by Gasteiger charge is -2.38. The first-order valence-corrected chi connectivity index (χ1v) is 8.70. The van der Waals surface area contributed by atoms with E-state index in [1.807, 2.05) is 24.3 Å². The first-order chi connectivity index (χ1) is 11.6. The van der Waals surface area contributed by atoms with Crippen LogP contribution in [0.2, 0.25) is 0 Å². The van der Waals surface area contributed by atoms with Crippen LogP contribution in [0.3, 0.4) is 0 Å². The van der Waals surface area contributed by atoms with Crippen LogP contribution in [0, 0.1) is 5.92 Å². The van der Waals surface area contributed by atoms with E-state index >= 15 is 0 Å². The third-order valence-electron chi connectivity index (χ3n) is 4.99. The highest BCUT2D eigenvalue weighted by atomic mass is 79.9. The number of anilines is 1. The number of rotatable bonds is 2. The van der Waals surface area contributed by atoms with Crippen LogP contribution in [0.1, 0.15) is 39.9 Å². The summed E-state index contributed by atoms with van der Waals surface area (Å²) >= 11 is 3.48. The number of benzene rings is 2. The Bertz CT molecular complexity index is 862. The maximum absolute atomic E-state index is 11.8. The molecule has 0 bridgehead atoms. The average Bonchev–Trinajstić information content (AvgIpc) is 3.05. The Kier molecular flexibility index (Phi) is 3.61. The van der Waals surface area contributed by atoms with Crippen molar-refractivity contribution in [1.82, 2.24) is 0 Å². The summed E-state index contributed by atoms with van der Waals surface area (Å²) in [4.78, 5) is 11.8. The van der Waals surface area contributed by atoms with Gasteiger partial charge in [-0.25, -0.2) is 0 Å². The number of carbonyl (C=O) groups is 1. The normalized spacial score (nSPS) is 24.1. The molecule has 3 atom stereocenters. The van der Waals surface area contributed by atoms with Gasteiger partial charge in [0.2, 0.25) is 0 Å². The number of para-hydroxylation sites is 1. The molecule has 0 saturated carbocycles. The van der Waals surface area contributed by atoms with Crippen LogP contribution in [-0.4, -0.2) is 11.0 Å². The number of amides is 1. The number of aromatic hydroxyl groups is 1. The summed E-state index contributed by atoms with van der Waals surface area (Å²) in [5, 5.41) is 13.8. The number of nitrogens with one attached hydrogen (secondary N) is 1. The molecular weight excluding hydrogens is 368 g/mol. The molecule has 1 aliphatic carbocycles. The number of phenolic OH excluding ortho intramolecular Hbond substituents is 1. The number of hydrogen-bond acceptors (Lipinski definition) is 3. The fourth-order valence-electron chi connectivity index (χ4n) is 3.91. The molecule has 0 fully saturated rings. The van der Waals surface area contributed by atoms with Gasteiger partial charge >= 0.3 is 0 Å².